The topological polar surface area (TPSA) is 135 Å². The first-order chi connectivity index (χ1) is 20.8. The molecule has 2 atom stereocenters. The van der Waals surface area contributed by atoms with Crippen molar-refractivity contribution in [1.82, 2.24) is 29.6 Å². The predicted molar refractivity (Wildman–Crippen MR) is 161 cm³/mol. The summed E-state index contributed by atoms with van der Waals surface area (Å²) in [6.07, 6.45) is 4.77. The van der Waals surface area contributed by atoms with Crippen molar-refractivity contribution in [3.05, 3.63) is 78.0 Å². The molecule has 1 aliphatic rings. The van der Waals surface area contributed by atoms with Crippen LogP contribution in [0.5, 0.6) is 0 Å². The van der Waals surface area contributed by atoms with E-state index in [0.29, 0.717) is 43.4 Å². The lowest BCUT2D eigenvalue weighted by molar-refractivity contribution is -0.137. The third-order valence-corrected chi connectivity index (χ3v) is 8.25. The molecule has 1 aliphatic heterocycles. The predicted octanol–water partition coefficient (Wildman–Crippen LogP) is 5.13. The molecule has 14 heteroatoms. The summed E-state index contributed by atoms with van der Waals surface area (Å²) >= 11 is 7.37. The number of carbonyl (C=O) groups is 3. The van der Waals surface area contributed by atoms with Crippen LogP contribution in [-0.2, 0) is 16.1 Å². The smallest absolute Gasteiger partial charge is 0.249 e. The number of amides is 2. The number of hydrogen-bond acceptors (Lipinski definition) is 9. The summed E-state index contributed by atoms with van der Waals surface area (Å²) < 4.78 is 16.2. The van der Waals surface area contributed by atoms with Gasteiger partial charge in [-0.25, -0.2) is 14.4 Å². The Morgan fingerprint density at radius 2 is 1.88 bits per heavy atom. The summed E-state index contributed by atoms with van der Waals surface area (Å²) in [6.45, 7) is 1.05. The fraction of sp³-hybridized carbons (Fsp3) is 0.207. The number of halogens is 2. The molecule has 218 valence electrons. The highest BCUT2D eigenvalue weighted by atomic mass is 35.5. The van der Waals surface area contributed by atoms with Crippen molar-refractivity contribution in [2.24, 2.45) is 0 Å². The maximum atomic E-state index is 14.6. The average molecular weight is 619 g/mol. The molecule has 2 N–H and O–H groups in total. The Morgan fingerprint density at radius 3 is 2.65 bits per heavy atom. The largest absolute Gasteiger partial charge is 0.353 e. The van der Waals surface area contributed by atoms with E-state index in [0.717, 1.165) is 11.3 Å². The lowest BCUT2D eigenvalue weighted by Gasteiger charge is -2.23. The van der Waals surface area contributed by atoms with Gasteiger partial charge in [0.05, 0.1) is 29.6 Å². The number of rotatable bonds is 8. The van der Waals surface area contributed by atoms with Crippen LogP contribution in [0.3, 0.4) is 0 Å². The monoisotopic (exact) mass is 618 g/mol. The zero-order chi connectivity index (χ0) is 30.1. The van der Waals surface area contributed by atoms with Gasteiger partial charge in [-0.15, -0.1) is 10.2 Å². The standard InChI is InChI=1S/C29H24ClFN8O3S/c1-16(40)22-13-38(24-7-6-18(9-21(22)24)34-19-10-32-15-33-11-19)14-26(41)39-12-17(31)8-25(39)27(42)35-29-37-36-28(43-29)20-4-2-3-5-23(20)30/h2-7,9-11,13,15,17,25,34H,8,12,14H2,1H3,(H,35,37,42)/t17-,25?/m1/s1. The van der Waals surface area contributed by atoms with E-state index < -0.39 is 24.0 Å². The van der Waals surface area contributed by atoms with E-state index in [1.807, 2.05) is 18.2 Å². The summed E-state index contributed by atoms with van der Waals surface area (Å²) in [5.41, 5.74) is 3.13. The zero-order valence-electron chi connectivity index (χ0n) is 22.7. The van der Waals surface area contributed by atoms with Gasteiger partial charge in [-0.1, -0.05) is 41.1 Å². The van der Waals surface area contributed by atoms with Crippen LogP contribution in [0.25, 0.3) is 21.5 Å². The van der Waals surface area contributed by atoms with E-state index in [1.54, 1.807) is 47.4 Å². The number of Topliss-reactive ketones (excluding diaryl/α,β-unsaturated/α-hetero) is 1. The van der Waals surface area contributed by atoms with E-state index >= 15 is 0 Å². The maximum Gasteiger partial charge on any atom is 0.249 e. The van der Waals surface area contributed by atoms with Crippen LogP contribution in [-0.4, -0.2) is 66.0 Å². The molecule has 43 heavy (non-hydrogen) atoms. The quantitative estimate of drug-likeness (QED) is 0.229. The Morgan fingerprint density at radius 1 is 1.09 bits per heavy atom. The van der Waals surface area contributed by atoms with Gasteiger partial charge in [0.1, 0.15) is 25.1 Å². The van der Waals surface area contributed by atoms with E-state index in [9.17, 15) is 18.8 Å². The first kappa shape index (κ1) is 28.4. The zero-order valence-corrected chi connectivity index (χ0v) is 24.3. The Hall–Kier alpha value is -4.75. The molecule has 3 aromatic heterocycles. The minimum atomic E-state index is -1.36. The van der Waals surface area contributed by atoms with Crippen LogP contribution >= 0.6 is 22.9 Å². The van der Waals surface area contributed by atoms with Gasteiger partial charge in [0.2, 0.25) is 16.9 Å². The van der Waals surface area contributed by atoms with Crippen LogP contribution < -0.4 is 10.6 Å². The third kappa shape index (κ3) is 5.94. The normalized spacial score (nSPS) is 16.4. The van der Waals surface area contributed by atoms with Crippen molar-refractivity contribution in [3.8, 4) is 10.6 Å². The van der Waals surface area contributed by atoms with Gasteiger partial charge in [-0.05, 0) is 31.2 Å². The lowest BCUT2D eigenvalue weighted by Crippen LogP contribution is -2.44. The van der Waals surface area contributed by atoms with E-state index in [-0.39, 0.29) is 30.4 Å². The maximum absolute atomic E-state index is 14.6. The fourth-order valence-corrected chi connectivity index (χ4v) is 6.14. The molecule has 1 fully saturated rings. The number of benzene rings is 2. The SMILES string of the molecule is CC(=O)c1cn(CC(=O)N2C[C@H](F)CC2C(=O)Nc2nnc(-c3ccccc3Cl)s2)c2ccc(Nc3cncnc3)cc12. The molecule has 0 radical (unpaired) electrons. The van der Waals surface area contributed by atoms with Crippen molar-refractivity contribution in [1.29, 1.82) is 0 Å². The molecular weight excluding hydrogens is 595 g/mol. The number of nitrogens with one attached hydrogen (secondary N) is 2. The average Bonchev–Trinajstić information content (AvgIpc) is 3.71. The van der Waals surface area contributed by atoms with Gasteiger partial charge < -0.3 is 14.8 Å². The molecule has 5 aromatic rings. The number of likely N-dealkylation sites (tertiary alicyclic amines) is 1. The summed E-state index contributed by atoms with van der Waals surface area (Å²) in [6, 6.07) is 11.5. The van der Waals surface area contributed by atoms with Crippen molar-refractivity contribution >= 4 is 67.9 Å². The molecular formula is C29H24ClFN8O3S. The Bertz CT molecular complexity index is 1850. The molecule has 4 heterocycles. The van der Waals surface area contributed by atoms with Crippen molar-refractivity contribution in [2.75, 3.05) is 17.2 Å². The summed E-state index contributed by atoms with van der Waals surface area (Å²) in [5.74, 6) is -1.19. The highest BCUT2D eigenvalue weighted by Gasteiger charge is 2.40. The number of nitrogens with zero attached hydrogens (tertiary/aromatic N) is 6. The third-order valence-electron chi connectivity index (χ3n) is 7.05. The second-order valence-electron chi connectivity index (χ2n) is 9.99. The number of ketones is 1. The highest BCUT2D eigenvalue weighted by molar-refractivity contribution is 7.18. The van der Waals surface area contributed by atoms with Crippen LogP contribution in [0.1, 0.15) is 23.7 Å². The van der Waals surface area contributed by atoms with Gasteiger partial charge in [0, 0.05) is 40.3 Å². The minimum absolute atomic E-state index is 0.142. The lowest BCUT2D eigenvalue weighted by atomic mass is 10.1. The molecule has 2 amide bonds. The van der Waals surface area contributed by atoms with Crippen LogP contribution in [0, 0.1) is 0 Å². The molecule has 0 bridgehead atoms. The summed E-state index contributed by atoms with van der Waals surface area (Å²) in [7, 11) is 0. The Labute approximate surface area is 253 Å². The van der Waals surface area contributed by atoms with Gasteiger partial charge in [-0.2, -0.15) is 0 Å². The molecule has 2 aromatic carbocycles. The summed E-state index contributed by atoms with van der Waals surface area (Å²) in [4.78, 5) is 48.4. The fourth-order valence-electron chi connectivity index (χ4n) is 5.07. The van der Waals surface area contributed by atoms with E-state index in [4.69, 9.17) is 11.6 Å². The number of aromatic nitrogens is 5. The molecule has 6 rings (SSSR count). The number of hydrogen-bond donors (Lipinski definition) is 2. The molecule has 0 aliphatic carbocycles. The second-order valence-corrected chi connectivity index (χ2v) is 11.4. The molecule has 1 saturated heterocycles. The Kier molecular flexibility index (Phi) is 7.82. The highest BCUT2D eigenvalue weighted by Crippen LogP contribution is 2.33. The van der Waals surface area contributed by atoms with Gasteiger partial charge >= 0.3 is 0 Å². The van der Waals surface area contributed by atoms with E-state index in [1.165, 1.54) is 18.2 Å². The van der Waals surface area contributed by atoms with Crippen molar-refractivity contribution < 1.29 is 18.8 Å². The van der Waals surface area contributed by atoms with Crippen LogP contribution in [0.2, 0.25) is 5.02 Å². The number of alkyl halides is 1. The first-order valence-electron chi connectivity index (χ1n) is 13.3. The molecule has 11 nitrogen and oxygen atoms in total. The molecule has 0 saturated carbocycles. The minimum Gasteiger partial charge on any atom is -0.353 e. The van der Waals surface area contributed by atoms with Crippen LogP contribution in [0.4, 0.5) is 20.9 Å². The number of fused-ring (bicyclic) bond motifs is 1. The van der Waals surface area contributed by atoms with E-state index in [2.05, 4.69) is 30.8 Å². The van der Waals surface area contributed by atoms with Gasteiger partial charge in [-0.3, -0.25) is 19.7 Å². The van der Waals surface area contributed by atoms with Gasteiger partial charge in [0.25, 0.3) is 0 Å². The number of carbonyl (C=O) groups excluding carboxylic acids is 3. The Balaban J connectivity index is 1.20. The van der Waals surface area contributed by atoms with Gasteiger partial charge in [0.15, 0.2) is 10.8 Å². The number of anilines is 3. The molecule has 1 unspecified atom stereocenters. The second kappa shape index (κ2) is 11.9. The van der Waals surface area contributed by atoms with Crippen LogP contribution in [0.15, 0.2) is 67.4 Å². The first-order valence-corrected chi connectivity index (χ1v) is 14.4. The summed E-state index contributed by atoms with van der Waals surface area (Å²) in [5, 5.41) is 15.8. The van der Waals surface area contributed by atoms with Crippen molar-refractivity contribution in [2.45, 2.75) is 32.1 Å². The molecule has 0 spiro atoms. The van der Waals surface area contributed by atoms with Crippen molar-refractivity contribution in [3.63, 3.8) is 0 Å².